The highest BCUT2D eigenvalue weighted by Gasteiger charge is 2.30. The van der Waals surface area contributed by atoms with Gasteiger partial charge in [-0.3, -0.25) is 19.9 Å². The number of rotatable bonds is 5. The zero-order valence-corrected chi connectivity index (χ0v) is 23.1. The molecule has 196 valence electrons. The number of hydrogen-bond donors (Lipinski definition) is 1. The van der Waals surface area contributed by atoms with E-state index in [0.717, 1.165) is 21.8 Å². The molecule has 12 heteroatoms. The lowest BCUT2D eigenvalue weighted by Crippen LogP contribution is -2.27. The minimum Gasteiger partial charge on any atom is -0.494 e. The maximum absolute atomic E-state index is 13.3. The van der Waals surface area contributed by atoms with Crippen molar-refractivity contribution < 1.29 is 14.3 Å². The molecule has 0 aromatic carbocycles. The van der Waals surface area contributed by atoms with Gasteiger partial charge in [-0.25, -0.2) is 15.0 Å². The Hall–Kier alpha value is -4.40. The first-order chi connectivity index (χ1) is 18.7. The molecule has 5 rings (SSSR count). The third-order valence-corrected chi connectivity index (χ3v) is 7.76. The van der Waals surface area contributed by atoms with Crippen LogP contribution in [0.2, 0.25) is 5.15 Å². The Labute approximate surface area is 233 Å². The average Bonchev–Trinajstić information content (AvgIpc) is 3.48. The third kappa shape index (κ3) is 4.92. The molecule has 1 aliphatic rings. The Morgan fingerprint density at radius 2 is 1.87 bits per heavy atom. The van der Waals surface area contributed by atoms with Crippen molar-refractivity contribution >= 4 is 39.9 Å². The van der Waals surface area contributed by atoms with Crippen LogP contribution >= 0.6 is 22.9 Å². The fourth-order valence-corrected chi connectivity index (χ4v) is 5.48. The van der Waals surface area contributed by atoms with E-state index in [-0.39, 0.29) is 17.0 Å². The summed E-state index contributed by atoms with van der Waals surface area (Å²) in [5.74, 6) is -0.142. The number of aromatic nitrogens is 4. The van der Waals surface area contributed by atoms with E-state index in [0.29, 0.717) is 57.5 Å². The second-order valence-electron chi connectivity index (χ2n) is 8.97. The summed E-state index contributed by atoms with van der Waals surface area (Å²) in [6.07, 6.45) is 4.44. The van der Waals surface area contributed by atoms with E-state index in [4.69, 9.17) is 16.3 Å². The number of methoxy groups -OCH3 is 1. The first-order valence-corrected chi connectivity index (χ1v) is 13.0. The number of hydrogen-bond acceptors (Lipinski definition) is 9. The second kappa shape index (κ2) is 10.4. The molecule has 0 bridgehead atoms. The molecule has 0 aliphatic carbocycles. The summed E-state index contributed by atoms with van der Waals surface area (Å²) in [6.45, 7) is 6.07. The molecule has 4 aromatic rings. The van der Waals surface area contributed by atoms with Crippen LogP contribution in [-0.4, -0.2) is 43.8 Å². The zero-order chi connectivity index (χ0) is 27.8. The standard InChI is InChI=1S/C27H22ClN7O3S/c1-13-5-17(18-6-23(28)31-10-21(18)38-4)19(9-30-13)25(36)34-27-33-20-11-35(12-22(20)39-27)26(37)24-15(3)14(2)16(7-29)8-32-24/h5-6,8-10H,11-12H2,1-4H3,(H,33,34,36). The van der Waals surface area contributed by atoms with Crippen molar-refractivity contribution in [3.8, 4) is 22.9 Å². The van der Waals surface area contributed by atoms with Gasteiger partial charge in [0.1, 0.15) is 22.7 Å². The normalized spacial score (nSPS) is 12.2. The van der Waals surface area contributed by atoms with Gasteiger partial charge in [0.2, 0.25) is 0 Å². The molecule has 0 saturated heterocycles. The lowest BCUT2D eigenvalue weighted by molar-refractivity contribution is 0.0743. The van der Waals surface area contributed by atoms with E-state index in [1.165, 1.54) is 37.0 Å². The van der Waals surface area contributed by atoms with Crippen LogP contribution in [0.4, 0.5) is 5.13 Å². The zero-order valence-electron chi connectivity index (χ0n) is 21.5. The van der Waals surface area contributed by atoms with Gasteiger partial charge in [-0.05, 0) is 44.0 Å². The molecule has 0 spiro atoms. The van der Waals surface area contributed by atoms with Crippen LogP contribution in [-0.2, 0) is 13.1 Å². The number of pyridine rings is 3. The van der Waals surface area contributed by atoms with Gasteiger partial charge >= 0.3 is 0 Å². The van der Waals surface area contributed by atoms with Crippen molar-refractivity contribution in [2.75, 3.05) is 12.4 Å². The summed E-state index contributed by atoms with van der Waals surface area (Å²) < 4.78 is 5.44. The van der Waals surface area contributed by atoms with Crippen molar-refractivity contribution in [2.24, 2.45) is 0 Å². The van der Waals surface area contributed by atoms with Crippen LogP contribution in [0.1, 0.15) is 53.8 Å². The SMILES string of the molecule is COc1cnc(Cl)cc1-c1cc(C)ncc1C(=O)Nc1nc2c(s1)CN(C(=O)c1ncc(C#N)c(C)c1C)C2. The Morgan fingerprint density at radius 3 is 2.59 bits per heavy atom. The molecule has 10 nitrogen and oxygen atoms in total. The summed E-state index contributed by atoms with van der Waals surface area (Å²) in [4.78, 5) is 46.2. The average molecular weight is 560 g/mol. The monoisotopic (exact) mass is 559 g/mol. The Bertz CT molecular complexity index is 1670. The number of nitriles is 1. The van der Waals surface area contributed by atoms with E-state index in [1.807, 2.05) is 6.92 Å². The van der Waals surface area contributed by atoms with Crippen molar-refractivity contribution in [1.82, 2.24) is 24.8 Å². The molecule has 4 aromatic heterocycles. The molecule has 0 saturated carbocycles. The lowest BCUT2D eigenvalue weighted by atomic mass is 10.0. The minimum atomic E-state index is -0.388. The Kier molecular flexibility index (Phi) is 6.99. The van der Waals surface area contributed by atoms with Crippen LogP contribution in [0.3, 0.4) is 0 Å². The summed E-state index contributed by atoms with van der Waals surface area (Å²) in [5.41, 5.74) is 5.17. The van der Waals surface area contributed by atoms with Crippen LogP contribution in [0.15, 0.2) is 30.7 Å². The van der Waals surface area contributed by atoms with Gasteiger partial charge in [0, 0.05) is 29.2 Å². The van der Waals surface area contributed by atoms with Crippen LogP contribution < -0.4 is 10.1 Å². The number of amides is 2. The predicted octanol–water partition coefficient (Wildman–Crippen LogP) is 4.86. The van der Waals surface area contributed by atoms with Crippen LogP contribution in [0, 0.1) is 32.1 Å². The third-order valence-electron chi connectivity index (χ3n) is 6.56. The number of carbonyl (C=O) groups is 2. The summed E-state index contributed by atoms with van der Waals surface area (Å²) >= 11 is 7.45. The molecular weight excluding hydrogens is 538 g/mol. The number of thiazole rings is 1. The Morgan fingerprint density at radius 1 is 1.08 bits per heavy atom. The number of halogens is 1. The lowest BCUT2D eigenvalue weighted by Gasteiger charge is -2.17. The summed E-state index contributed by atoms with van der Waals surface area (Å²) in [5, 5.41) is 12.8. The Balaban J connectivity index is 1.35. The van der Waals surface area contributed by atoms with Gasteiger partial charge in [-0.15, -0.1) is 0 Å². The van der Waals surface area contributed by atoms with Crippen molar-refractivity contribution in [2.45, 2.75) is 33.9 Å². The highest BCUT2D eigenvalue weighted by molar-refractivity contribution is 7.16. The fourth-order valence-electron chi connectivity index (χ4n) is 4.34. The fraction of sp³-hybridized carbons (Fsp3) is 0.222. The van der Waals surface area contributed by atoms with Gasteiger partial charge in [-0.1, -0.05) is 22.9 Å². The maximum atomic E-state index is 13.3. The number of fused-ring (bicyclic) bond motifs is 1. The first-order valence-electron chi connectivity index (χ1n) is 11.8. The van der Waals surface area contributed by atoms with Crippen LogP contribution in [0.5, 0.6) is 5.75 Å². The van der Waals surface area contributed by atoms with Crippen LogP contribution in [0.25, 0.3) is 11.1 Å². The quantitative estimate of drug-likeness (QED) is 0.342. The maximum Gasteiger partial charge on any atom is 0.273 e. The number of nitrogens with zero attached hydrogens (tertiary/aromatic N) is 6. The van der Waals surface area contributed by atoms with Gasteiger partial charge in [0.05, 0.1) is 48.1 Å². The number of ether oxygens (including phenoxy) is 1. The van der Waals surface area contributed by atoms with E-state index < -0.39 is 0 Å². The number of nitrogens with one attached hydrogen (secondary N) is 1. The minimum absolute atomic E-state index is 0.226. The molecule has 2 amide bonds. The molecule has 5 heterocycles. The number of anilines is 1. The highest BCUT2D eigenvalue weighted by Crippen LogP contribution is 2.36. The highest BCUT2D eigenvalue weighted by atomic mass is 35.5. The first kappa shape index (κ1) is 26.2. The van der Waals surface area contributed by atoms with Gasteiger partial charge < -0.3 is 9.64 Å². The second-order valence-corrected chi connectivity index (χ2v) is 10.4. The van der Waals surface area contributed by atoms with E-state index in [1.54, 1.807) is 30.9 Å². The predicted molar refractivity (Wildman–Crippen MR) is 146 cm³/mol. The van der Waals surface area contributed by atoms with Crippen molar-refractivity contribution in [1.29, 1.82) is 5.26 Å². The molecule has 1 aliphatic heterocycles. The van der Waals surface area contributed by atoms with E-state index >= 15 is 0 Å². The van der Waals surface area contributed by atoms with Gasteiger partial charge in [0.25, 0.3) is 11.8 Å². The molecule has 0 radical (unpaired) electrons. The molecule has 0 atom stereocenters. The van der Waals surface area contributed by atoms with E-state index in [9.17, 15) is 14.9 Å². The molecule has 0 unspecified atom stereocenters. The number of aryl methyl sites for hydroxylation is 1. The van der Waals surface area contributed by atoms with Crippen molar-refractivity contribution in [3.63, 3.8) is 0 Å². The smallest absolute Gasteiger partial charge is 0.273 e. The molecule has 39 heavy (non-hydrogen) atoms. The van der Waals surface area contributed by atoms with Crippen molar-refractivity contribution in [3.05, 3.63) is 80.1 Å². The van der Waals surface area contributed by atoms with Gasteiger partial charge in [0.15, 0.2) is 5.13 Å². The number of carbonyl (C=O) groups excluding carboxylic acids is 2. The van der Waals surface area contributed by atoms with Gasteiger partial charge in [-0.2, -0.15) is 5.26 Å². The summed E-state index contributed by atoms with van der Waals surface area (Å²) in [7, 11) is 1.52. The molecule has 0 fully saturated rings. The molecule has 1 N–H and O–H groups in total. The topological polar surface area (TPSA) is 134 Å². The molecular formula is C27H22ClN7O3S. The largest absolute Gasteiger partial charge is 0.494 e. The van der Waals surface area contributed by atoms with E-state index in [2.05, 4.69) is 31.3 Å². The summed E-state index contributed by atoms with van der Waals surface area (Å²) in [6, 6.07) is 5.52.